The van der Waals surface area contributed by atoms with Crippen molar-refractivity contribution in [3.8, 4) is 0 Å². The van der Waals surface area contributed by atoms with Gasteiger partial charge in [0.2, 0.25) is 0 Å². The van der Waals surface area contributed by atoms with Crippen molar-refractivity contribution >= 4 is 17.7 Å². The molecule has 4 rings (SSSR count). The molecule has 0 spiro atoms. The minimum absolute atomic E-state index is 0.0633. The second kappa shape index (κ2) is 5.30. The molecular formula is C19H28O5. The van der Waals surface area contributed by atoms with Gasteiger partial charge in [0.1, 0.15) is 18.0 Å². The van der Waals surface area contributed by atoms with E-state index in [1.807, 2.05) is 13.8 Å². The van der Waals surface area contributed by atoms with Gasteiger partial charge >= 0.3 is 11.9 Å². The summed E-state index contributed by atoms with van der Waals surface area (Å²) in [6.07, 6.45) is 0.432. The van der Waals surface area contributed by atoms with E-state index < -0.39 is 11.5 Å². The summed E-state index contributed by atoms with van der Waals surface area (Å²) in [5, 5.41) is 0. The summed E-state index contributed by atoms with van der Waals surface area (Å²) in [4.78, 5) is 36.1. The second-order valence-corrected chi connectivity index (χ2v) is 8.75. The molecule has 0 aromatic carbocycles. The van der Waals surface area contributed by atoms with Crippen molar-refractivity contribution in [2.24, 2.45) is 34.5 Å². The van der Waals surface area contributed by atoms with Crippen molar-refractivity contribution in [3.63, 3.8) is 0 Å². The van der Waals surface area contributed by atoms with Gasteiger partial charge in [-0.3, -0.25) is 14.4 Å². The monoisotopic (exact) mass is 336 g/mol. The van der Waals surface area contributed by atoms with Crippen LogP contribution < -0.4 is 0 Å². The molecule has 0 aliphatic heterocycles. The molecule has 24 heavy (non-hydrogen) atoms. The Hall–Kier alpha value is -1.39. The molecule has 0 unspecified atom stereocenters. The number of ether oxygens (including phenoxy) is 2. The molecule has 0 heterocycles. The van der Waals surface area contributed by atoms with Crippen molar-refractivity contribution in [2.45, 2.75) is 66.6 Å². The summed E-state index contributed by atoms with van der Waals surface area (Å²) in [7, 11) is 0. The van der Waals surface area contributed by atoms with Gasteiger partial charge in [0, 0.05) is 37.0 Å². The Bertz CT molecular complexity index is 595. The minimum atomic E-state index is -0.489. The topological polar surface area (TPSA) is 69.7 Å². The lowest BCUT2D eigenvalue weighted by atomic mass is 9.35. The summed E-state index contributed by atoms with van der Waals surface area (Å²) >= 11 is 0. The van der Waals surface area contributed by atoms with Crippen LogP contribution in [0.1, 0.15) is 54.4 Å². The fourth-order valence-electron chi connectivity index (χ4n) is 6.23. The van der Waals surface area contributed by atoms with E-state index in [-0.39, 0.29) is 47.5 Å². The highest BCUT2D eigenvalue weighted by atomic mass is 16.6. The normalized spacial score (nSPS) is 45.7. The standard InChI is InChI=1S/C19H28O5/c1-9-7-12(23-10(2)20)16-17-15(9)19(16,6)14(24-11(3)21)8-13(22)18(17,4)5/h9,12,14-17H,7-8H2,1-6H3/t9-,12+,14+,15-,16+,17+,19+/m0/s1. The van der Waals surface area contributed by atoms with Crippen LogP contribution >= 0.6 is 0 Å². The highest BCUT2D eigenvalue weighted by molar-refractivity contribution is 5.86. The van der Waals surface area contributed by atoms with Crippen LogP contribution in [0.5, 0.6) is 0 Å². The van der Waals surface area contributed by atoms with E-state index in [2.05, 4.69) is 13.8 Å². The van der Waals surface area contributed by atoms with Crippen LogP contribution in [0.15, 0.2) is 0 Å². The third kappa shape index (κ3) is 2.16. The van der Waals surface area contributed by atoms with E-state index in [0.717, 1.165) is 6.42 Å². The fourth-order valence-corrected chi connectivity index (χ4v) is 6.23. The molecular weight excluding hydrogens is 308 g/mol. The third-order valence-corrected chi connectivity index (χ3v) is 7.07. The molecule has 4 aliphatic rings. The molecule has 4 aliphatic carbocycles. The summed E-state index contributed by atoms with van der Waals surface area (Å²) < 4.78 is 11.3. The van der Waals surface area contributed by atoms with Gasteiger partial charge in [-0.2, -0.15) is 0 Å². The molecule has 4 saturated carbocycles. The number of hydrogen-bond acceptors (Lipinski definition) is 5. The van der Waals surface area contributed by atoms with Crippen LogP contribution in [-0.4, -0.2) is 29.9 Å². The quantitative estimate of drug-likeness (QED) is 0.725. The van der Waals surface area contributed by atoms with E-state index in [9.17, 15) is 14.4 Å². The number of Topliss-reactive ketones (excluding diaryl/α,β-unsaturated/α-hetero) is 1. The van der Waals surface area contributed by atoms with Crippen molar-refractivity contribution in [2.75, 3.05) is 0 Å². The molecule has 0 saturated heterocycles. The number of hydrogen-bond donors (Lipinski definition) is 0. The summed E-state index contributed by atoms with van der Waals surface area (Å²) in [5.41, 5.74) is -0.797. The first-order chi connectivity index (χ1) is 11.0. The largest absolute Gasteiger partial charge is 0.462 e. The predicted octanol–water partition coefficient (Wildman–Crippen LogP) is 2.76. The Labute approximate surface area is 143 Å². The van der Waals surface area contributed by atoms with E-state index in [4.69, 9.17) is 9.47 Å². The SMILES string of the molecule is CC(=O)O[C@@H]1C[C@H](C)[C@H]2[C@@H]3[C@@H]1[C@]2(C)[C@H](OC(C)=O)CC(=O)C3(C)C. The Morgan fingerprint density at radius 1 is 1.00 bits per heavy atom. The lowest BCUT2D eigenvalue weighted by Crippen LogP contribution is -2.72. The van der Waals surface area contributed by atoms with Gasteiger partial charge in [-0.05, 0) is 24.2 Å². The van der Waals surface area contributed by atoms with Gasteiger partial charge in [0.15, 0.2) is 0 Å². The van der Waals surface area contributed by atoms with Gasteiger partial charge in [-0.15, -0.1) is 0 Å². The molecule has 134 valence electrons. The number of ketones is 1. The Morgan fingerprint density at radius 3 is 2.12 bits per heavy atom. The maximum atomic E-state index is 12.9. The number of esters is 2. The fraction of sp³-hybridized carbons (Fsp3) is 0.842. The number of carbonyl (C=O) groups is 3. The van der Waals surface area contributed by atoms with Crippen LogP contribution in [0.25, 0.3) is 0 Å². The number of rotatable bonds is 2. The highest BCUT2D eigenvalue weighted by Gasteiger charge is 2.75. The summed E-state index contributed by atoms with van der Waals surface area (Å²) in [5.74, 6) is 0.360. The number of carbonyl (C=O) groups excluding carboxylic acids is 3. The molecule has 0 amide bonds. The van der Waals surface area contributed by atoms with E-state index >= 15 is 0 Å². The first-order valence-corrected chi connectivity index (χ1v) is 8.89. The molecule has 5 heteroatoms. The van der Waals surface area contributed by atoms with Gasteiger partial charge in [-0.25, -0.2) is 0 Å². The molecule has 0 aromatic heterocycles. The van der Waals surface area contributed by atoms with Crippen molar-refractivity contribution in [1.82, 2.24) is 0 Å². The summed E-state index contributed by atoms with van der Waals surface area (Å²) in [6.45, 7) is 11.1. The zero-order valence-electron chi connectivity index (χ0n) is 15.4. The predicted molar refractivity (Wildman–Crippen MR) is 86.9 cm³/mol. The molecule has 0 radical (unpaired) electrons. The van der Waals surface area contributed by atoms with Crippen LogP contribution in [0.3, 0.4) is 0 Å². The van der Waals surface area contributed by atoms with Crippen LogP contribution in [0, 0.1) is 34.5 Å². The van der Waals surface area contributed by atoms with Gasteiger partial charge in [-0.1, -0.05) is 27.7 Å². The first-order valence-electron chi connectivity index (χ1n) is 8.89. The molecule has 4 bridgehead atoms. The van der Waals surface area contributed by atoms with Gasteiger partial charge in [0.05, 0.1) is 0 Å². The molecule has 0 aromatic rings. The van der Waals surface area contributed by atoms with E-state index in [1.54, 1.807) is 0 Å². The lowest BCUT2D eigenvalue weighted by molar-refractivity contribution is -0.282. The maximum Gasteiger partial charge on any atom is 0.302 e. The molecule has 0 N–H and O–H groups in total. The Morgan fingerprint density at radius 2 is 1.58 bits per heavy atom. The zero-order valence-corrected chi connectivity index (χ0v) is 15.4. The molecule has 5 nitrogen and oxygen atoms in total. The third-order valence-electron chi connectivity index (χ3n) is 7.07. The lowest BCUT2D eigenvalue weighted by Gasteiger charge is -2.70. The van der Waals surface area contributed by atoms with E-state index in [1.165, 1.54) is 13.8 Å². The van der Waals surface area contributed by atoms with Crippen LogP contribution in [0.4, 0.5) is 0 Å². The molecule has 4 fully saturated rings. The average Bonchev–Trinajstić information content (AvgIpc) is 2.50. The second-order valence-electron chi connectivity index (χ2n) is 8.75. The van der Waals surface area contributed by atoms with E-state index in [0.29, 0.717) is 11.8 Å². The van der Waals surface area contributed by atoms with Crippen molar-refractivity contribution < 1.29 is 23.9 Å². The first kappa shape index (κ1) is 17.4. The molecule has 7 atom stereocenters. The zero-order chi connectivity index (χ0) is 18.0. The average molecular weight is 336 g/mol. The van der Waals surface area contributed by atoms with Gasteiger partial charge < -0.3 is 9.47 Å². The Balaban J connectivity index is 2.08. The van der Waals surface area contributed by atoms with Gasteiger partial charge in [0.25, 0.3) is 0 Å². The minimum Gasteiger partial charge on any atom is -0.462 e. The highest BCUT2D eigenvalue weighted by Crippen LogP contribution is 2.73. The number of fused-ring (bicyclic) bond motifs is 2. The van der Waals surface area contributed by atoms with Crippen LogP contribution in [-0.2, 0) is 23.9 Å². The Kier molecular flexibility index (Phi) is 3.85. The van der Waals surface area contributed by atoms with Crippen molar-refractivity contribution in [3.05, 3.63) is 0 Å². The summed E-state index contributed by atoms with van der Waals surface area (Å²) in [6, 6.07) is 0. The van der Waals surface area contributed by atoms with Crippen LogP contribution in [0.2, 0.25) is 0 Å². The van der Waals surface area contributed by atoms with Crippen molar-refractivity contribution in [1.29, 1.82) is 0 Å². The maximum absolute atomic E-state index is 12.9. The smallest absolute Gasteiger partial charge is 0.302 e.